The lowest BCUT2D eigenvalue weighted by Gasteiger charge is -2.17. The normalized spacial score (nSPS) is 16.9. The number of rotatable bonds is 6. The monoisotopic (exact) mass is 431 g/mol. The summed E-state index contributed by atoms with van der Waals surface area (Å²) in [7, 11) is 2.16. The molecule has 0 saturated carbocycles. The maximum atomic E-state index is 13.0. The van der Waals surface area contributed by atoms with Gasteiger partial charge in [-0.25, -0.2) is 4.98 Å². The van der Waals surface area contributed by atoms with E-state index in [1.165, 1.54) is 12.1 Å². The van der Waals surface area contributed by atoms with Crippen molar-refractivity contribution in [3.05, 3.63) is 53.5 Å². The van der Waals surface area contributed by atoms with Crippen LogP contribution in [-0.4, -0.2) is 50.7 Å². The second-order valence-corrected chi connectivity index (χ2v) is 8.66. The molecule has 8 nitrogen and oxygen atoms in total. The molecule has 0 unspecified atom stereocenters. The third-order valence-electron chi connectivity index (χ3n) is 6.42. The molecule has 1 aliphatic heterocycles. The fourth-order valence-electron chi connectivity index (χ4n) is 4.68. The SMILES string of the molecule is Cc1nn(CCCN)c2cc(C(=O)Nc3cc4[nH]c([C@H]5CCCN5C)cc4cn3)ccc12. The summed E-state index contributed by atoms with van der Waals surface area (Å²) < 4.78 is 1.93. The number of aryl methyl sites for hydroxylation is 2. The second kappa shape index (κ2) is 8.37. The minimum Gasteiger partial charge on any atom is -0.357 e. The molecule has 8 heteroatoms. The van der Waals surface area contributed by atoms with Crippen molar-refractivity contribution in [2.45, 2.75) is 38.8 Å². The van der Waals surface area contributed by atoms with E-state index in [4.69, 9.17) is 5.73 Å². The highest BCUT2D eigenvalue weighted by Crippen LogP contribution is 2.32. The molecule has 1 saturated heterocycles. The molecule has 4 N–H and O–H groups in total. The van der Waals surface area contributed by atoms with Crippen LogP contribution in [0.3, 0.4) is 0 Å². The van der Waals surface area contributed by atoms with E-state index in [0.717, 1.165) is 53.4 Å². The molecule has 1 fully saturated rings. The van der Waals surface area contributed by atoms with Gasteiger partial charge in [0.05, 0.1) is 16.7 Å². The third kappa shape index (κ3) is 3.76. The number of aromatic amines is 1. The van der Waals surface area contributed by atoms with Gasteiger partial charge in [0.1, 0.15) is 5.82 Å². The number of nitrogens with one attached hydrogen (secondary N) is 2. The minimum absolute atomic E-state index is 0.190. The molecule has 0 aliphatic carbocycles. The molecule has 3 aromatic heterocycles. The Bertz CT molecular complexity index is 1290. The number of hydrogen-bond donors (Lipinski definition) is 3. The Morgan fingerprint density at radius 1 is 1.31 bits per heavy atom. The van der Waals surface area contributed by atoms with Crippen molar-refractivity contribution in [1.29, 1.82) is 0 Å². The first-order valence-electron chi connectivity index (χ1n) is 11.2. The Morgan fingerprint density at radius 2 is 2.19 bits per heavy atom. The van der Waals surface area contributed by atoms with Gasteiger partial charge in [-0.2, -0.15) is 5.10 Å². The largest absolute Gasteiger partial charge is 0.357 e. The van der Waals surface area contributed by atoms with Crippen molar-refractivity contribution in [3.8, 4) is 0 Å². The number of carbonyl (C=O) groups excluding carboxylic acids is 1. The summed E-state index contributed by atoms with van der Waals surface area (Å²) in [5.41, 5.74) is 10.3. The van der Waals surface area contributed by atoms with Gasteiger partial charge in [-0.3, -0.25) is 14.4 Å². The molecular formula is C24H29N7O. The Balaban J connectivity index is 1.38. The van der Waals surface area contributed by atoms with E-state index in [9.17, 15) is 4.79 Å². The summed E-state index contributed by atoms with van der Waals surface area (Å²) in [6.45, 7) is 4.43. The van der Waals surface area contributed by atoms with Crippen LogP contribution in [-0.2, 0) is 6.54 Å². The van der Waals surface area contributed by atoms with Crippen LogP contribution in [0.2, 0.25) is 0 Å². The van der Waals surface area contributed by atoms with Gasteiger partial charge < -0.3 is 16.0 Å². The number of aromatic nitrogens is 4. The van der Waals surface area contributed by atoms with Gasteiger partial charge in [0, 0.05) is 46.9 Å². The van der Waals surface area contributed by atoms with Crippen molar-refractivity contribution in [2.24, 2.45) is 5.73 Å². The van der Waals surface area contributed by atoms with Crippen LogP contribution < -0.4 is 11.1 Å². The highest BCUT2D eigenvalue weighted by Gasteiger charge is 2.24. The number of pyridine rings is 1. The van der Waals surface area contributed by atoms with Crippen LogP contribution in [0.5, 0.6) is 0 Å². The lowest BCUT2D eigenvalue weighted by molar-refractivity contribution is 0.102. The lowest BCUT2D eigenvalue weighted by Crippen LogP contribution is -2.17. The maximum Gasteiger partial charge on any atom is 0.256 e. The summed E-state index contributed by atoms with van der Waals surface area (Å²) in [5.74, 6) is 0.342. The van der Waals surface area contributed by atoms with Gasteiger partial charge in [0.2, 0.25) is 0 Å². The summed E-state index contributed by atoms with van der Waals surface area (Å²) >= 11 is 0. The lowest BCUT2D eigenvalue weighted by atomic mass is 10.1. The van der Waals surface area contributed by atoms with E-state index in [2.05, 4.69) is 38.4 Å². The van der Waals surface area contributed by atoms with Gasteiger partial charge >= 0.3 is 0 Å². The van der Waals surface area contributed by atoms with Crippen molar-refractivity contribution < 1.29 is 4.79 Å². The standard InChI is InChI=1S/C24H29N7O/c1-15-18-7-6-16(12-22(18)31(29-15)10-4-8-25)24(32)28-23-13-19-17(14-26-23)11-20(27-19)21-5-3-9-30(21)2/h6-7,11-14,21,27H,3-5,8-10,25H2,1-2H3,(H,26,28,32)/t21-/m1/s1. The molecule has 166 valence electrons. The average Bonchev–Trinajstić information content (AvgIpc) is 3.48. The molecule has 4 heterocycles. The number of fused-ring (bicyclic) bond motifs is 2. The third-order valence-corrected chi connectivity index (χ3v) is 6.42. The highest BCUT2D eigenvalue weighted by atomic mass is 16.1. The fourth-order valence-corrected chi connectivity index (χ4v) is 4.68. The Hall–Kier alpha value is -3.23. The number of likely N-dealkylation sites (tertiary alicyclic amines) is 1. The number of anilines is 1. The second-order valence-electron chi connectivity index (χ2n) is 8.66. The first kappa shape index (κ1) is 20.7. The number of H-pyrrole nitrogens is 1. The molecule has 5 rings (SSSR count). The van der Waals surface area contributed by atoms with E-state index in [-0.39, 0.29) is 5.91 Å². The zero-order valence-electron chi connectivity index (χ0n) is 18.6. The zero-order chi connectivity index (χ0) is 22.2. The minimum atomic E-state index is -0.190. The van der Waals surface area contributed by atoms with Gasteiger partial charge in [0.25, 0.3) is 5.91 Å². The number of hydrogen-bond acceptors (Lipinski definition) is 5. The Morgan fingerprint density at radius 3 is 2.97 bits per heavy atom. The van der Waals surface area contributed by atoms with Gasteiger partial charge in [-0.15, -0.1) is 0 Å². The number of carbonyl (C=O) groups is 1. The van der Waals surface area contributed by atoms with Crippen LogP contribution in [0.25, 0.3) is 21.8 Å². The van der Waals surface area contributed by atoms with Crippen LogP contribution in [0, 0.1) is 6.92 Å². The fraction of sp³-hybridized carbons (Fsp3) is 0.375. The van der Waals surface area contributed by atoms with Crippen molar-refractivity contribution in [2.75, 3.05) is 25.5 Å². The summed E-state index contributed by atoms with van der Waals surface area (Å²) in [6.07, 6.45) is 5.02. The molecule has 4 aromatic rings. The van der Waals surface area contributed by atoms with E-state index in [0.29, 0.717) is 24.0 Å². The molecule has 1 amide bonds. The predicted octanol–water partition coefficient (Wildman–Crippen LogP) is 3.59. The summed E-state index contributed by atoms with van der Waals surface area (Å²) in [6, 6.07) is 10.2. The van der Waals surface area contributed by atoms with Crippen molar-refractivity contribution >= 4 is 33.5 Å². The van der Waals surface area contributed by atoms with E-state index in [1.54, 1.807) is 0 Å². The number of nitrogens with two attached hydrogens (primary N) is 1. The Kier molecular flexibility index (Phi) is 5.40. The first-order chi connectivity index (χ1) is 15.5. The van der Waals surface area contributed by atoms with Crippen LogP contribution >= 0.6 is 0 Å². The number of amides is 1. The number of benzene rings is 1. The molecular weight excluding hydrogens is 402 g/mol. The first-order valence-corrected chi connectivity index (χ1v) is 11.2. The van der Waals surface area contributed by atoms with Gasteiger partial charge in [0.15, 0.2) is 0 Å². The van der Waals surface area contributed by atoms with E-state index >= 15 is 0 Å². The molecule has 0 spiro atoms. The van der Waals surface area contributed by atoms with E-state index < -0.39 is 0 Å². The Labute approximate surface area is 186 Å². The maximum absolute atomic E-state index is 13.0. The molecule has 1 atom stereocenters. The average molecular weight is 432 g/mol. The zero-order valence-corrected chi connectivity index (χ0v) is 18.6. The van der Waals surface area contributed by atoms with E-state index in [1.807, 2.05) is 42.1 Å². The molecule has 1 aliphatic rings. The molecule has 0 bridgehead atoms. The summed E-state index contributed by atoms with van der Waals surface area (Å²) in [5, 5.41) is 9.64. The topological polar surface area (TPSA) is 105 Å². The number of nitrogens with zero attached hydrogens (tertiary/aromatic N) is 4. The molecule has 32 heavy (non-hydrogen) atoms. The molecule has 0 radical (unpaired) electrons. The van der Waals surface area contributed by atoms with Gasteiger partial charge in [-0.1, -0.05) is 6.07 Å². The summed E-state index contributed by atoms with van der Waals surface area (Å²) in [4.78, 5) is 23.3. The van der Waals surface area contributed by atoms with Crippen molar-refractivity contribution in [1.82, 2.24) is 24.6 Å². The highest BCUT2D eigenvalue weighted by molar-refractivity contribution is 6.06. The van der Waals surface area contributed by atoms with Gasteiger partial charge in [-0.05, 0) is 64.5 Å². The smallest absolute Gasteiger partial charge is 0.256 e. The molecule has 1 aromatic carbocycles. The van der Waals surface area contributed by atoms with Crippen LogP contribution in [0.15, 0.2) is 36.5 Å². The van der Waals surface area contributed by atoms with Crippen LogP contribution in [0.4, 0.5) is 5.82 Å². The van der Waals surface area contributed by atoms with Crippen molar-refractivity contribution in [3.63, 3.8) is 0 Å². The van der Waals surface area contributed by atoms with Crippen LogP contribution in [0.1, 0.15) is 47.1 Å². The quantitative estimate of drug-likeness (QED) is 0.433. The predicted molar refractivity (Wildman–Crippen MR) is 127 cm³/mol.